The van der Waals surface area contributed by atoms with Crippen molar-refractivity contribution in [1.82, 2.24) is 15.2 Å². The molecule has 1 aromatic carbocycles. The molecular formula is C22H24F4N6O2. The number of morpholine rings is 1. The monoisotopic (exact) mass is 480 g/mol. The molecule has 1 aliphatic heterocycles. The molecule has 3 rings (SSSR count). The van der Waals surface area contributed by atoms with Gasteiger partial charge in [0.1, 0.15) is 5.82 Å². The first kappa shape index (κ1) is 25.1. The van der Waals surface area contributed by atoms with Crippen LogP contribution in [0.15, 0.2) is 34.4 Å². The minimum atomic E-state index is -4.60. The fourth-order valence-corrected chi connectivity index (χ4v) is 3.41. The number of benzene rings is 1. The van der Waals surface area contributed by atoms with Crippen molar-refractivity contribution in [1.29, 1.82) is 0 Å². The van der Waals surface area contributed by atoms with Crippen LogP contribution >= 0.6 is 0 Å². The van der Waals surface area contributed by atoms with Gasteiger partial charge in [-0.25, -0.2) is 19.2 Å². The third kappa shape index (κ3) is 5.68. The molecule has 2 aromatic rings. The molecule has 2 heterocycles. The highest BCUT2D eigenvalue weighted by Gasteiger charge is 2.44. The molecule has 0 radical (unpaired) electrons. The van der Waals surface area contributed by atoms with Gasteiger partial charge in [0.05, 0.1) is 18.8 Å². The van der Waals surface area contributed by atoms with Crippen molar-refractivity contribution in [2.24, 2.45) is 9.98 Å². The summed E-state index contributed by atoms with van der Waals surface area (Å²) in [5, 5.41) is 5.15. The fraction of sp³-hybridized carbons (Fsp3) is 0.364. The Labute approximate surface area is 193 Å². The van der Waals surface area contributed by atoms with Gasteiger partial charge < -0.3 is 20.3 Å². The number of aryl methyl sites for hydroxylation is 2. The van der Waals surface area contributed by atoms with Crippen LogP contribution in [0.5, 0.6) is 0 Å². The average molecular weight is 480 g/mol. The van der Waals surface area contributed by atoms with Gasteiger partial charge >= 0.3 is 12.2 Å². The molecule has 1 atom stereocenters. The lowest BCUT2D eigenvalue weighted by molar-refractivity contribution is -0.233. The summed E-state index contributed by atoms with van der Waals surface area (Å²) in [7, 11) is 1.65. The maximum Gasteiger partial charge on any atom is 0.416 e. The summed E-state index contributed by atoms with van der Waals surface area (Å²) in [6.07, 6.45) is -5.14. The van der Waals surface area contributed by atoms with Gasteiger partial charge in [0, 0.05) is 25.4 Å². The summed E-state index contributed by atoms with van der Waals surface area (Å²) in [5.41, 5.74) is 2.38. The molecule has 0 aliphatic carbocycles. The lowest BCUT2D eigenvalue weighted by atomic mass is 9.99. The van der Waals surface area contributed by atoms with E-state index in [0.717, 1.165) is 10.5 Å². The first-order chi connectivity index (χ1) is 16.0. The number of rotatable bonds is 3. The van der Waals surface area contributed by atoms with Crippen molar-refractivity contribution in [3.8, 4) is 11.1 Å². The second-order valence-corrected chi connectivity index (χ2v) is 7.63. The topological polar surface area (TPSA) is 91.2 Å². The molecule has 1 aliphatic rings. The van der Waals surface area contributed by atoms with E-state index in [1.807, 2.05) is 0 Å². The Hall–Kier alpha value is -3.54. The molecule has 12 heteroatoms. The standard InChI is InChI=1S/C22H24F4N6O2/c1-12-8-16(23)17(30-21(33)32-5-6-34-18(11-32)22(24,25)26)9-15(12)14-7-13(2)19(29-10-14)31-20(27-3)28-4/h7-10,18H,3,5-6,11H2,1-2,4H3,(H,30,33)(H,28,29,31)/t18-/m1/s1. The zero-order valence-corrected chi connectivity index (χ0v) is 18.8. The van der Waals surface area contributed by atoms with Crippen molar-refractivity contribution in [2.45, 2.75) is 26.1 Å². The molecule has 1 fully saturated rings. The number of nitrogens with one attached hydrogen (secondary N) is 2. The SMILES string of the molecule is C=N/C(=N\c1ncc(-c2cc(NC(=O)N3CCO[C@@H](C(F)(F)F)C3)c(F)cc2C)cc1C)NC. The van der Waals surface area contributed by atoms with Gasteiger partial charge in [0.15, 0.2) is 11.9 Å². The van der Waals surface area contributed by atoms with Crippen LogP contribution in [0, 0.1) is 19.7 Å². The van der Waals surface area contributed by atoms with Crippen LogP contribution < -0.4 is 10.6 Å². The van der Waals surface area contributed by atoms with Gasteiger partial charge in [-0.15, -0.1) is 0 Å². The zero-order chi connectivity index (χ0) is 25.0. The summed E-state index contributed by atoms with van der Waals surface area (Å²) in [5.74, 6) is -0.000588. The predicted molar refractivity (Wildman–Crippen MR) is 121 cm³/mol. The summed E-state index contributed by atoms with van der Waals surface area (Å²) in [6, 6.07) is 3.62. The van der Waals surface area contributed by atoms with Crippen molar-refractivity contribution in [2.75, 3.05) is 32.1 Å². The molecule has 8 nitrogen and oxygen atoms in total. The Morgan fingerprint density at radius 2 is 2.00 bits per heavy atom. The van der Waals surface area contributed by atoms with Crippen molar-refractivity contribution < 1.29 is 27.1 Å². The smallest absolute Gasteiger partial charge is 0.365 e. The number of aliphatic imine (C=N–C) groups is 2. The number of urea groups is 1. The maximum absolute atomic E-state index is 14.6. The molecule has 182 valence electrons. The molecule has 0 bridgehead atoms. The molecule has 1 aromatic heterocycles. The summed E-state index contributed by atoms with van der Waals surface area (Å²) in [4.78, 5) is 25.8. The van der Waals surface area contributed by atoms with E-state index in [1.165, 1.54) is 12.1 Å². The lowest BCUT2D eigenvalue weighted by Gasteiger charge is -2.33. The Bertz CT molecular complexity index is 1120. The van der Waals surface area contributed by atoms with Gasteiger partial charge in [0.2, 0.25) is 5.96 Å². The average Bonchev–Trinajstić information content (AvgIpc) is 2.79. The molecule has 2 N–H and O–H groups in total. The number of carbonyl (C=O) groups is 1. The number of amides is 2. The minimum absolute atomic E-state index is 0.0436. The third-order valence-electron chi connectivity index (χ3n) is 5.22. The number of hydrogen-bond acceptors (Lipinski definition) is 4. The Kier molecular flexibility index (Phi) is 7.50. The minimum Gasteiger partial charge on any atom is -0.365 e. The summed E-state index contributed by atoms with van der Waals surface area (Å²) in [6.45, 7) is 5.93. The second kappa shape index (κ2) is 10.2. The number of nitrogens with zero attached hydrogens (tertiary/aromatic N) is 4. The lowest BCUT2D eigenvalue weighted by Crippen LogP contribution is -2.52. The molecule has 0 spiro atoms. The molecule has 1 saturated heterocycles. The van der Waals surface area contributed by atoms with Crippen LogP contribution in [0.25, 0.3) is 11.1 Å². The second-order valence-electron chi connectivity index (χ2n) is 7.63. The van der Waals surface area contributed by atoms with E-state index in [1.54, 1.807) is 33.2 Å². The summed E-state index contributed by atoms with van der Waals surface area (Å²) >= 11 is 0. The van der Waals surface area contributed by atoms with E-state index in [0.29, 0.717) is 28.5 Å². The largest absolute Gasteiger partial charge is 0.416 e. The Morgan fingerprint density at radius 1 is 1.26 bits per heavy atom. The zero-order valence-electron chi connectivity index (χ0n) is 18.8. The van der Waals surface area contributed by atoms with Crippen molar-refractivity contribution >= 4 is 30.2 Å². The van der Waals surface area contributed by atoms with E-state index < -0.39 is 30.7 Å². The number of carbonyl (C=O) groups excluding carboxylic acids is 1. The third-order valence-corrected chi connectivity index (χ3v) is 5.22. The van der Waals surface area contributed by atoms with Crippen LogP contribution in [-0.4, -0.2) is 67.6 Å². The van der Waals surface area contributed by atoms with E-state index in [9.17, 15) is 22.4 Å². The maximum atomic E-state index is 14.6. The molecule has 2 amide bonds. The predicted octanol–water partition coefficient (Wildman–Crippen LogP) is 4.21. The van der Waals surface area contributed by atoms with Gasteiger partial charge in [-0.05, 0) is 55.5 Å². The number of alkyl halides is 3. The number of halogens is 4. The van der Waals surface area contributed by atoms with Crippen LogP contribution in [0.3, 0.4) is 0 Å². The highest BCUT2D eigenvalue weighted by molar-refractivity contribution is 5.91. The number of hydrogen-bond donors (Lipinski definition) is 2. The first-order valence-electron chi connectivity index (χ1n) is 10.3. The Morgan fingerprint density at radius 3 is 2.62 bits per heavy atom. The van der Waals surface area contributed by atoms with Gasteiger partial charge in [-0.3, -0.25) is 0 Å². The number of guanidine groups is 1. The highest BCUT2D eigenvalue weighted by atomic mass is 19.4. The van der Waals surface area contributed by atoms with Crippen LogP contribution in [0.4, 0.5) is 33.9 Å². The van der Waals surface area contributed by atoms with Gasteiger partial charge in [0.25, 0.3) is 0 Å². The summed E-state index contributed by atoms with van der Waals surface area (Å²) < 4.78 is 58.2. The van der Waals surface area contributed by atoms with Crippen LogP contribution in [0.2, 0.25) is 0 Å². The molecular weight excluding hydrogens is 456 g/mol. The first-order valence-corrected chi connectivity index (χ1v) is 10.3. The molecule has 0 saturated carbocycles. The number of pyridine rings is 1. The van der Waals surface area contributed by atoms with Gasteiger partial charge in [-0.1, -0.05) is 0 Å². The van der Waals surface area contributed by atoms with E-state index in [-0.39, 0.29) is 18.8 Å². The van der Waals surface area contributed by atoms with Crippen molar-refractivity contribution in [3.63, 3.8) is 0 Å². The fourth-order valence-electron chi connectivity index (χ4n) is 3.41. The quantitative estimate of drug-likeness (QED) is 0.391. The van der Waals surface area contributed by atoms with Crippen LogP contribution in [0.1, 0.15) is 11.1 Å². The highest BCUT2D eigenvalue weighted by Crippen LogP contribution is 2.31. The van der Waals surface area contributed by atoms with E-state index in [4.69, 9.17) is 4.74 Å². The van der Waals surface area contributed by atoms with E-state index >= 15 is 0 Å². The normalized spacial score (nSPS) is 16.9. The van der Waals surface area contributed by atoms with Crippen LogP contribution in [-0.2, 0) is 4.74 Å². The molecule has 34 heavy (non-hydrogen) atoms. The van der Waals surface area contributed by atoms with Crippen molar-refractivity contribution in [3.05, 3.63) is 41.3 Å². The number of aromatic nitrogens is 1. The van der Waals surface area contributed by atoms with E-state index in [2.05, 4.69) is 32.3 Å². The Balaban J connectivity index is 1.86. The number of ether oxygens (including phenoxy) is 1. The molecule has 0 unspecified atom stereocenters. The van der Waals surface area contributed by atoms with Gasteiger partial charge in [-0.2, -0.15) is 18.2 Å². The number of anilines is 1.